The summed E-state index contributed by atoms with van der Waals surface area (Å²) in [5.74, 6) is 1.57. The molecule has 0 amide bonds. The molecule has 150 valence electrons. The zero-order chi connectivity index (χ0) is 18.3. The summed E-state index contributed by atoms with van der Waals surface area (Å²) in [7, 11) is 2.26. The van der Waals surface area contributed by atoms with Gasteiger partial charge in [0.2, 0.25) is 0 Å². The fourth-order valence-electron chi connectivity index (χ4n) is 3.29. The predicted octanol–water partition coefficient (Wildman–Crippen LogP) is 4.45. The van der Waals surface area contributed by atoms with E-state index in [1.165, 1.54) is 24.3 Å². The van der Waals surface area contributed by atoms with Crippen LogP contribution in [0.3, 0.4) is 0 Å². The van der Waals surface area contributed by atoms with E-state index < -0.39 is 0 Å². The molecule has 0 aliphatic carbocycles. The summed E-state index contributed by atoms with van der Waals surface area (Å²) in [5, 5.41) is 9.20. The minimum Gasteiger partial charge on any atom is -0.357 e. The molecule has 1 fully saturated rings. The highest BCUT2D eigenvalue weighted by Gasteiger charge is 2.31. The van der Waals surface area contributed by atoms with Gasteiger partial charge in [-0.15, -0.1) is 35.3 Å². The van der Waals surface area contributed by atoms with Crippen molar-refractivity contribution in [3.8, 4) is 0 Å². The summed E-state index contributed by atoms with van der Waals surface area (Å²) in [4.78, 5) is 8.81. The molecule has 2 atom stereocenters. The predicted molar refractivity (Wildman–Crippen MR) is 129 cm³/mol. The zero-order valence-electron chi connectivity index (χ0n) is 16.7. The largest absolute Gasteiger partial charge is 0.357 e. The maximum atomic E-state index is 4.81. The van der Waals surface area contributed by atoms with Gasteiger partial charge in [0.15, 0.2) is 5.96 Å². The summed E-state index contributed by atoms with van der Waals surface area (Å²) >= 11 is 3.74. The second-order valence-electron chi connectivity index (χ2n) is 7.38. The number of hydrogen-bond donors (Lipinski definition) is 2. The van der Waals surface area contributed by atoms with E-state index in [9.17, 15) is 0 Å². The summed E-state index contributed by atoms with van der Waals surface area (Å²) in [6.45, 7) is 10.5. The molecule has 0 aromatic carbocycles. The van der Waals surface area contributed by atoms with Crippen LogP contribution in [-0.2, 0) is 0 Å². The van der Waals surface area contributed by atoms with Crippen LogP contribution in [0, 0.1) is 5.92 Å². The summed E-state index contributed by atoms with van der Waals surface area (Å²) in [6, 6.07) is 4.97. The van der Waals surface area contributed by atoms with Crippen LogP contribution >= 0.6 is 47.1 Å². The second-order valence-corrected chi connectivity index (χ2v) is 9.88. The Bertz CT molecular complexity index is 534. The number of aliphatic imine (C=N–C) groups is 1. The van der Waals surface area contributed by atoms with Crippen LogP contribution in [0.4, 0.5) is 0 Å². The van der Waals surface area contributed by atoms with E-state index in [4.69, 9.17) is 4.99 Å². The number of guanidine groups is 1. The molecular formula is C19H35IN4S2. The third-order valence-corrected chi connectivity index (χ3v) is 7.07. The zero-order valence-corrected chi connectivity index (χ0v) is 20.7. The van der Waals surface area contributed by atoms with Crippen molar-refractivity contribution in [3.05, 3.63) is 22.4 Å². The van der Waals surface area contributed by atoms with E-state index in [1.54, 1.807) is 0 Å². The van der Waals surface area contributed by atoms with Crippen LogP contribution in [0.1, 0.15) is 44.5 Å². The number of nitrogens with one attached hydrogen (secondary N) is 2. The smallest absolute Gasteiger partial charge is 0.191 e. The van der Waals surface area contributed by atoms with Crippen LogP contribution in [0.2, 0.25) is 0 Å². The molecule has 0 saturated carbocycles. The number of thiophene rings is 1. The van der Waals surface area contributed by atoms with E-state index in [1.807, 2.05) is 23.1 Å². The molecule has 1 aromatic heterocycles. The highest BCUT2D eigenvalue weighted by atomic mass is 127. The first kappa shape index (κ1) is 24.0. The van der Waals surface area contributed by atoms with Crippen LogP contribution in [-0.4, -0.2) is 55.1 Å². The first-order chi connectivity index (χ1) is 12.0. The Kier molecular flexibility index (Phi) is 10.9. The fraction of sp³-hybridized carbons (Fsp3) is 0.737. The number of likely N-dealkylation sites (tertiary alicyclic amines) is 1. The van der Waals surface area contributed by atoms with Crippen molar-refractivity contribution in [2.24, 2.45) is 10.9 Å². The van der Waals surface area contributed by atoms with Gasteiger partial charge in [-0.1, -0.05) is 6.07 Å². The van der Waals surface area contributed by atoms with Crippen molar-refractivity contribution in [2.45, 2.75) is 44.4 Å². The molecule has 2 unspecified atom stereocenters. The van der Waals surface area contributed by atoms with Crippen LogP contribution < -0.4 is 10.6 Å². The lowest BCUT2D eigenvalue weighted by Gasteiger charge is -2.39. The van der Waals surface area contributed by atoms with E-state index in [-0.39, 0.29) is 28.7 Å². The Balaban J connectivity index is 0.00000338. The van der Waals surface area contributed by atoms with E-state index >= 15 is 0 Å². The number of thioether (sulfide) groups is 1. The van der Waals surface area contributed by atoms with Gasteiger partial charge in [-0.05, 0) is 70.8 Å². The molecule has 0 spiro atoms. The van der Waals surface area contributed by atoms with Crippen molar-refractivity contribution < 1.29 is 0 Å². The third kappa shape index (κ3) is 7.20. The molecule has 26 heavy (non-hydrogen) atoms. The summed E-state index contributed by atoms with van der Waals surface area (Å²) in [5.41, 5.74) is 0. The lowest BCUT2D eigenvalue weighted by atomic mass is 9.88. The van der Waals surface area contributed by atoms with E-state index in [0.717, 1.165) is 25.6 Å². The van der Waals surface area contributed by atoms with Gasteiger partial charge < -0.3 is 10.6 Å². The Hall–Kier alpha value is 0.01000. The molecule has 0 radical (unpaired) electrons. The van der Waals surface area contributed by atoms with Gasteiger partial charge in [-0.2, -0.15) is 11.8 Å². The minimum absolute atomic E-state index is 0. The number of rotatable bonds is 7. The van der Waals surface area contributed by atoms with Gasteiger partial charge in [0, 0.05) is 28.8 Å². The third-order valence-electron chi connectivity index (χ3n) is 4.89. The Morgan fingerprint density at radius 2 is 2.19 bits per heavy atom. The second kappa shape index (κ2) is 11.8. The first-order valence-electron chi connectivity index (χ1n) is 9.28. The van der Waals surface area contributed by atoms with Crippen molar-refractivity contribution >= 4 is 53.0 Å². The van der Waals surface area contributed by atoms with Gasteiger partial charge in [-0.25, -0.2) is 0 Å². The summed E-state index contributed by atoms with van der Waals surface area (Å²) in [6.07, 6.45) is 4.70. The molecule has 4 nitrogen and oxygen atoms in total. The Morgan fingerprint density at radius 1 is 1.42 bits per heavy atom. The molecule has 1 aliphatic rings. The molecular weight excluding hydrogens is 475 g/mol. The van der Waals surface area contributed by atoms with E-state index in [0.29, 0.717) is 12.0 Å². The average molecular weight is 511 g/mol. The SMILES string of the molecule is CCNC(=NCC(C)(C)SC)NCC1CCCN(C)C1c1cccs1.I. The highest BCUT2D eigenvalue weighted by molar-refractivity contribution is 14.0. The van der Waals surface area contributed by atoms with Crippen molar-refractivity contribution in [1.82, 2.24) is 15.5 Å². The maximum absolute atomic E-state index is 4.81. The van der Waals surface area contributed by atoms with Gasteiger partial charge in [0.25, 0.3) is 0 Å². The minimum atomic E-state index is 0. The van der Waals surface area contributed by atoms with Crippen LogP contribution in [0.25, 0.3) is 0 Å². The van der Waals surface area contributed by atoms with Crippen molar-refractivity contribution in [3.63, 3.8) is 0 Å². The van der Waals surface area contributed by atoms with Gasteiger partial charge in [-0.3, -0.25) is 9.89 Å². The molecule has 7 heteroatoms. The van der Waals surface area contributed by atoms with Crippen LogP contribution in [0.5, 0.6) is 0 Å². The lowest BCUT2D eigenvalue weighted by Crippen LogP contribution is -2.45. The first-order valence-corrected chi connectivity index (χ1v) is 11.4. The Labute approximate surface area is 185 Å². The Morgan fingerprint density at radius 3 is 2.81 bits per heavy atom. The van der Waals surface area contributed by atoms with Crippen LogP contribution in [0.15, 0.2) is 22.5 Å². The maximum Gasteiger partial charge on any atom is 0.191 e. The normalized spacial score (nSPS) is 22.0. The molecule has 1 aromatic rings. The van der Waals surface area contributed by atoms with E-state index in [2.05, 4.69) is 67.1 Å². The molecule has 1 saturated heterocycles. The standard InChI is InChI=1S/C19H34N4S2.HI/c1-6-20-18(22-14-19(2,3)24-5)21-13-15-9-7-11-23(4)17(15)16-10-8-12-25-16;/h8,10,12,15,17H,6-7,9,11,13-14H2,1-5H3,(H2,20,21,22);1H. The quantitative estimate of drug-likeness (QED) is 0.323. The fourth-order valence-corrected chi connectivity index (χ4v) is 4.46. The number of hydrogen-bond acceptors (Lipinski definition) is 4. The van der Waals surface area contributed by atoms with Gasteiger partial charge >= 0.3 is 0 Å². The molecule has 2 rings (SSSR count). The molecule has 0 bridgehead atoms. The van der Waals surface area contributed by atoms with Gasteiger partial charge in [0.1, 0.15) is 0 Å². The molecule has 2 N–H and O–H groups in total. The number of nitrogens with zero attached hydrogens (tertiary/aromatic N) is 2. The number of piperidine rings is 1. The van der Waals surface area contributed by atoms with Crippen molar-refractivity contribution in [1.29, 1.82) is 0 Å². The number of halogens is 1. The van der Waals surface area contributed by atoms with Gasteiger partial charge in [0.05, 0.1) is 6.54 Å². The topological polar surface area (TPSA) is 39.7 Å². The monoisotopic (exact) mass is 510 g/mol. The highest BCUT2D eigenvalue weighted by Crippen LogP contribution is 2.36. The van der Waals surface area contributed by atoms with Crippen molar-refractivity contribution in [2.75, 3.05) is 39.5 Å². The lowest BCUT2D eigenvalue weighted by molar-refractivity contribution is 0.125. The average Bonchev–Trinajstić information content (AvgIpc) is 3.11. The summed E-state index contributed by atoms with van der Waals surface area (Å²) < 4.78 is 0.174. The molecule has 1 aliphatic heterocycles. The molecule has 2 heterocycles.